The lowest BCUT2D eigenvalue weighted by molar-refractivity contribution is -0.0441. The highest BCUT2D eigenvalue weighted by molar-refractivity contribution is 6.32. The summed E-state index contributed by atoms with van der Waals surface area (Å²) in [5.41, 5.74) is 10.7. The number of aryl methyl sites for hydroxylation is 1. The van der Waals surface area contributed by atoms with E-state index in [-0.39, 0.29) is 24.7 Å². The van der Waals surface area contributed by atoms with Crippen LogP contribution in [-0.4, -0.2) is 76.4 Å². The summed E-state index contributed by atoms with van der Waals surface area (Å²) in [5, 5.41) is 16.8. The summed E-state index contributed by atoms with van der Waals surface area (Å²) in [6, 6.07) is 12.1. The molecule has 4 aromatic rings. The minimum Gasteiger partial charge on any atom is -0.375 e. The molecule has 2 atom stereocenters. The van der Waals surface area contributed by atoms with Crippen LogP contribution in [0.5, 0.6) is 0 Å². The molecule has 1 saturated carbocycles. The van der Waals surface area contributed by atoms with Gasteiger partial charge in [0.25, 0.3) is 5.92 Å². The Morgan fingerprint density at radius 2 is 1.72 bits per heavy atom. The SMILES string of the molecule is C=C1CCC(c2nn(C)c3cc(C4CCN(CC5CCN(c6ncc(Cl)c(Nc7ccc8c(c7)C7=C(CCC(F)(F)C(C9CC9)N7)C(=C)N8C)n6)CC5)CC4)ccc23)C(=C)N1. The molecule has 0 radical (unpaired) electrons. The Labute approximate surface area is 362 Å². The number of anilines is 4. The Bertz CT molecular complexity index is 2440. The van der Waals surface area contributed by atoms with E-state index in [0.717, 1.165) is 135 Å². The molecule has 6 aliphatic rings. The zero-order valence-corrected chi connectivity index (χ0v) is 36.2. The number of fused-ring (bicyclic) bond motifs is 3. The number of alkyl halides is 2. The molecule has 4 fully saturated rings. The average Bonchev–Trinajstić information content (AvgIpc) is 4.06. The summed E-state index contributed by atoms with van der Waals surface area (Å²) in [6.07, 6.45) is 9.85. The van der Waals surface area contributed by atoms with Crippen molar-refractivity contribution in [3.63, 3.8) is 0 Å². The Morgan fingerprint density at radius 1 is 0.934 bits per heavy atom. The van der Waals surface area contributed by atoms with Crippen molar-refractivity contribution >= 4 is 51.3 Å². The molecule has 320 valence electrons. The van der Waals surface area contributed by atoms with Gasteiger partial charge in [0, 0.05) is 85.5 Å². The Morgan fingerprint density at radius 3 is 2.48 bits per heavy atom. The molecule has 1 aliphatic carbocycles. The highest BCUT2D eigenvalue weighted by atomic mass is 35.5. The number of nitrogens with one attached hydrogen (secondary N) is 3. The molecule has 5 aliphatic heterocycles. The van der Waals surface area contributed by atoms with Crippen LogP contribution in [0.25, 0.3) is 16.6 Å². The number of hydrogen-bond acceptors (Lipinski definition) is 9. The standard InChI is InChI=1S/C48H57ClF2N10/c1-28-6-11-36(29(2)53-28)44-38-12-9-34(24-42(38)59(5)57-44)32-17-20-60(21-18-32)27-31-15-22-61(23-16-31)47-52-26-40(49)46(56-47)54-35-10-13-41-39(25-35)43-37(30(3)58(41)4)14-19-48(50,51)45(55-43)33-7-8-33/h9-10,12-13,24-26,31-33,36,45,53,55H,1-3,6-8,11,14-23,27H2,4-5H3,(H,52,54,56). The maximum atomic E-state index is 15.4. The number of benzene rings is 2. The molecule has 13 heteroatoms. The van der Waals surface area contributed by atoms with Gasteiger partial charge < -0.3 is 30.7 Å². The first kappa shape index (κ1) is 40.2. The van der Waals surface area contributed by atoms with Gasteiger partial charge in [-0.25, -0.2) is 13.8 Å². The molecule has 0 bridgehead atoms. The van der Waals surface area contributed by atoms with Gasteiger partial charge in [0.2, 0.25) is 5.95 Å². The number of allylic oxidation sites excluding steroid dienone is 3. The predicted octanol–water partition coefficient (Wildman–Crippen LogP) is 9.82. The topological polar surface area (TPSA) is 89.4 Å². The van der Waals surface area contributed by atoms with Crippen molar-refractivity contribution in [2.24, 2.45) is 18.9 Å². The normalized spacial score (nSPS) is 24.0. The molecule has 61 heavy (non-hydrogen) atoms. The Kier molecular flexibility index (Phi) is 10.4. The van der Waals surface area contributed by atoms with Gasteiger partial charge in [-0.3, -0.25) is 4.68 Å². The van der Waals surface area contributed by atoms with Gasteiger partial charge in [-0.15, -0.1) is 0 Å². The zero-order valence-electron chi connectivity index (χ0n) is 35.4. The molecule has 2 unspecified atom stereocenters. The largest absolute Gasteiger partial charge is 0.375 e. The summed E-state index contributed by atoms with van der Waals surface area (Å²) in [5.74, 6) is -0.221. The maximum Gasteiger partial charge on any atom is 0.268 e. The van der Waals surface area contributed by atoms with Crippen molar-refractivity contribution in [1.82, 2.24) is 35.3 Å². The van der Waals surface area contributed by atoms with Crippen LogP contribution < -0.4 is 25.8 Å². The van der Waals surface area contributed by atoms with Crippen LogP contribution in [0.15, 0.2) is 85.0 Å². The maximum absolute atomic E-state index is 15.4. The molecule has 2 aromatic heterocycles. The van der Waals surface area contributed by atoms with Crippen LogP contribution in [0.2, 0.25) is 5.02 Å². The van der Waals surface area contributed by atoms with Crippen molar-refractivity contribution in [2.45, 2.75) is 88.0 Å². The third kappa shape index (κ3) is 7.68. The fourth-order valence-corrected chi connectivity index (χ4v) is 10.8. The predicted molar refractivity (Wildman–Crippen MR) is 243 cm³/mol. The second-order valence-electron chi connectivity index (χ2n) is 18.4. The van der Waals surface area contributed by atoms with Crippen LogP contribution >= 0.6 is 11.6 Å². The van der Waals surface area contributed by atoms with Crippen LogP contribution in [0.4, 0.5) is 31.9 Å². The van der Waals surface area contributed by atoms with Gasteiger partial charge >= 0.3 is 0 Å². The number of likely N-dealkylation sites (N-methyl/N-ethyl adjacent to an activating group) is 1. The lowest BCUT2D eigenvalue weighted by Gasteiger charge is -2.38. The minimum atomic E-state index is -2.78. The zero-order chi connectivity index (χ0) is 42.2. The first-order valence-corrected chi connectivity index (χ1v) is 22.6. The number of likely N-dealkylation sites (tertiary alicyclic amines) is 1. The molecule has 7 heterocycles. The van der Waals surface area contributed by atoms with Crippen molar-refractivity contribution in [1.29, 1.82) is 0 Å². The lowest BCUT2D eigenvalue weighted by atomic mass is 9.86. The molecule has 0 amide bonds. The summed E-state index contributed by atoms with van der Waals surface area (Å²) in [6.45, 7) is 17.8. The highest BCUT2D eigenvalue weighted by Crippen LogP contribution is 2.49. The van der Waals surface area contributed by atoms with E-state index in [9.17, 15) is 0 Å². The fourth-order valence-electron chi connectivity index (χ4n) is 10.6. The van der Waals surface area contributed by atoms with Crippen LogP contribution in [0, 0.1) is 11.8 Å². The first-order chi connectivity index (χ1) is 29.4. The number of hydrogen-bond donors (Lipinski definition) is 3. The van der Waals surface area contributed by atoms with Gasteiger partial charge in [0.1, 0.15) is 5.02 Å². The molecule has 3 saturated heterocycles. The van der Waals surface area contributed by atoms with E-state index in [0.29, 0.717) is 28.6 Å². The second-order valence-corrected chi connectivity index (χ2v) is 18.8. The van der Waals surface area contributed by atoms with Crippen molar-refractivity contribution in [3.8, 4) is 0 Å². The Balaban J connectivity index is 0.753. The summed E-state index contributed by atoms with van der Waals surface area (Å²) < 4.78 is 32.8. The monoisotopic (exact) mass is 846 g/mol. The van der Waals surface area contributed by atoms with Gasteiger partial charge in [-0.1, -0.05) is 43.5 Å². The molecule has 10 rings (SSSR count). The third-order valence-corrected chi connectivity index (χ3v) is 14.7. The van der Waals surface area contributed by atoms with E-state index in [1.165, 1.54) is 16.5 Å². The molecular formula is C48H57ClF2N10. The van der Waals surface area contributed by atoms with Gasteiger partial charge in [0.15, 0.2) is 5.82 Å². The first-order valence-electron chi connectivity index (χ1n) is 22.2. The van der Waals surface area contributed by atoms with E-state index in [4.69, 9.17) is 21.7 Å². The van der Waals surface area contributed by atoms with Crippen LogP contribution in [0.3, 0.4) is 0 Å². The van der Waals surface area contributed by atoms with Crippen molar-refractivity contribution in [2.75, 3.05) is 54.9 Å². The fraction of sp³-hybridized carbons (Fsp3) is 0.479. The van der Waals surface area contributed by atoms with Gasteiger partial charge in [-0.2, -0.15) is 10.1 Å². The van der Waals surface area contributed by atoms with E-state index in [1.54, 1.807) is 6.20 Å². The molecule has 3 N–H and O–H groups in total. The van der Waals surface area contributed by atoms with Gasteiger partial charge in [0.05, 0.1) is 29.1 Å². The third-order valence-electron chi connectivity index (χ3n) is 14.4. The summed E-state index contributed by atoms with van der Waals surface area (Å²) in [4.78, 5) is 16.5. The number of piperidine rings is 3. The lowest BCUT2D eigenvalue weighted by Crippen LogP contribution is -2.45. The summed E-state index contributed by atoms with van der Waals surface area (Å²) in [7, 11) is 4.01. The number of nitrogens with zero attached hydrogens (tertiary/aromatic N) is 7. The van der Waals surface area contributed by atoms with Crippen LogP contribution in [0.1, 0.15) is 92.9 Å². The number of rotatable bonds is 8. The molecule has 10 nitrogen and oxygen atoms in total. The average molecular weight is 848 g/mol. The van der Waals surface area contributed by atoms with Gasteiger partial charge in [-0.05, 0) is 124 Å². The Hall–Kier alpha value is -4.94. The van der Waals surface area contributed by atoms with Crippen molar-refractivity contribution < 1.29 is 8.78 Å². The molecule has 2 aromatic carbocycles. The number of aromatic nitrogens is 4. The summed E-state index contributed by atoms with van der Waals surface area (Å²) >= 11 is 6.70. The minimum absolute atomic E-state index is 0.0107. The van der Waals surface area contributed by atoms with Crippen molar-refractivity contribution in [3.05, 3.63) is 107 Å². The van der Waals surface area contributed by atoms with E-state index < -0.39 is 12.0 Å². The van der Waals surface area contributed by atoms with E-state index in [2.05, 4.69) is 75.7 Å². The number of halogens is 3. The smallest absolute Gasteiger partial charge is 0.268 e. The highest BCUT2D eigenvalue weighted by Gasteiger charge is 2.50. The molecule has 0 spiro atoms. The van der Waals surface area contributed by atoms with Crippen LogP contribution in [-0.2, 0) is 7.05 Å². The quantitative estimate of drug-likeness (QED) is 0.161. The van der Waals surface area contributed by atoms with E-state index in [1.807, 2.05) is 34.8 Å². The second kappa shape index (κ2) is 15.8. The molecular weight excluding hydrogens is 790 g/mol. The van der Waals surface area contributed by atoms with E-state index >= 15 is 8.78 Å².